The molecule has 0 aliphatic heterocycles. The first-order valence-corrected chi connectivity index (χ1v) is 7.72. The van der Waals surface area contributed by atoms with Crippen molar-refractivity contribution in [3.63, 3.8) is 0 Å². The molecule has 0 aliphatic carbocycles. The lowest BCUT2D eigenvalue weighted by Gasteiger charge is -2.13. The molecule has 0 fully saturated rings. The maximum atomic E-state index is 12.1. The van der Waals surface area contributed by atoms with Gasteiger partial charge in [-0.25, -0.2) is 13.1 Å². The van der Waals surface area contributed by atoms with Crippen LogP contribution in [0.1, 0.15) is 25.8 Å². The highest BCUT2D eigenvalue weighted by Crippen LogP contribution is 2.20. The Kier molecular flexibility index (Phi) is 5.59. The quantitative estimate of drug-likeness (QED) is 0.844. The van der Waals surface area contributed by atoms with Gasteiger partial charge in [0.15, 0.2) is 0 Å². The minimum Gasteiger partial charge on any atom is -0.316 e. The van der Waals surface area contributed by atoms with Crippen molar-refractivity contribution in [3.05, 3.63) is 28.8 Å². The highest BCUT2D eigenvalue weighted by Gasteiger charge is 2.17. The Morgan fingerprint density at radius 1 is 1.39 bits per heavy atom. The molecule has 1 aromatic rings. The van der Waals surface area contributed by atoms with Crippen LogP contribution in [0.15, 0.2) is 23.1 Å². The van der Waals surface area contributed by atoms with Gasteiger partial charge in [0.05, 0.1) is 4.90 Å². The fraction of sp³-hybridized carbons (Fsp3) is 0.500. The van der Waals surface area contributed by atoms with E-state index in [0.717, 1.165) is 12.0 Å². The predicted octanol–water partition coefficient (Wildman–Crippen LogP) is 2.14. The van der Waals surface area contributed by atoms with Gasteiger partial charge in [-0.1, -0.05) is 18.5 Å². The first-order valence-electron chi connectivity index (χ1n) is 5.86. The van der Waals surface area contributed by atoms with Gasteiger partial charge >= 0.3 is 0 Å². The van der Waals surface area contributed by atoms with Crippen LogP contribution in [0.3, 0.4) is 0 Å². The van der Waals surface area contributed by atoms with Gasteiger partial charge in [-0.15, -0.1) is 0 Å². The average Bonchev–Trinajstić information content (AvgIpc) is 2.31. The van der Waals surface area contributed by atoms with Crippen molar-refractivity contribution in [1.29, 1.82) is 0 Å². The molecule has 0 saturated carbocycles. The van der Waals surface area contributed by atoms with Crippen LogP contribution >= 0.6 is 11.6 Å². The first-order chi connectivity index (χ1) is 8.40. The van der Waals surface area contributed by atoms with Crippen molar-refractivity contribution in [2.24, 2.45) is 0 Å². The summed E-state index contributed by atoms with van der Waals surface area (Å²) in [6, 6.07) is 4.65. The summed E-state index contributed by atoms with van der Waals surface area (Å²) < 4.78 is 26.8. The molecular weight excluding hydrogens is 272 g/mol. The van der Waals surface area contributed by atoms with Gasteiger partial charge < -0.3 is 5.32 Å². The topological polar surface area (TPSA) is 58.2 Å². The van der Waals surface area contributed by atoms with Crippen LogP contribution in [0.4, 0.5) is 0 Å². The minimum atomic E-state index is -3.47. The van der Waals surface area contributed by atoms with E-state index in [2.05, 4.69) is 10.0 Å². The lowest BCUT2D eigenvalue weighted by molar-refractivity contribution is 0.555. The van der Waals surface area contributed by atoms with E-state index in [0.29, 0.717) is 11.6 Å². The summed E-state index contributed by atoms with van der Waals surface area (Å²) >= 11 is 6.00. The van der Waals surface area contributed by atoms with E-state index < -0.39 is 10.0 Å². The monoisotopic (exact) mass is 290 g/mol. The van der Waals surface area contributed by atoms with Crippen LogP contribution in [0.25, 0.3) is 0 Å². The Bertz CT molecular complexity index is 503. The molecule has 1 atom stereocenters. The third-order valence-corrected chi connectivity index (χ3v) is 4.62. The molecule has 0 spiro atoms. The summed E-state index contributed by atoms with van der Waals surface area (Å²) in [5, 5.41) is 3.52. The number of benzene rings is 1. The number of sulfonamides is 1. The summed E-state index contributed by atoms with van der Waals surface area (Å²) in [6.45, 7) is 4.30. The van der Waals surface area contributed by atoms with E-state index in [1.807, 2.05) is 13.8 Å². The molecule has 102 valence electrons. The van der Waals surface area contributed by atoms with Crippen molar-refractivity contribution in [3.8, 4) is 0 Å². The van der Waals surface area contributed by atoms with Gasteiger partial charge in [-0.2, -0.15) is 0 Å². The Morgan fingerprint density at radius 3 is 2.61 bits per heavy atom. The van der Waals surface area contributed by atoms with E-state index in [-0.39, 0.29) is 10.9 Å². The molecular formula is C12H19ClN2O2S. The predicted molar refractivity (Wildman–Crippen MR) is 74.3 cm³/mol. The summed E-state index contributed by atoms with van der Waals surface area (Å²) in [5.74, 6) is 0. The van der Waals surface area contributed by atoms with Gasteiger partial charge in [0.2, 0.25) is 10.0 Å². The fourth-order valence-corrected chi connectivity index (χ4v) is 3.02. The Labute approximate surface area is 114 Å². The standard InChI is InChI=1S/C12H19ClN2O2S/c1-4-9(2)15-18(16,17)11-5-6-12(13)10(7-11)8-14-3/h5-7,9,14-15H,4,8H2,1-3H3. The molecule has 18 heavy (non-hydrogen) atoms. The van der Waals surface area contributed by atoms with Gasteiger partial charge in [-0.3, -0.25) is 0 Å². The van der Waals surface area contributed by atoms with Crippen LogP contribution in [0, 0.1) is 0 Å². The van der Waals surface area contributed by atoms with E-state index >= 15 is 0 Å². The highest BCUT2D eigenvalue weighted by atomic mass is 35.5. The van der Waals surface area contributed by atoms with E-state index in [1.54, 1.807) is 19.2 Å². The Balaban J connectivity index is 3.05. The second-order valence-corrected chi connectivity index (χ2v) is 6.34. The van der Waals surface area contributed by atoms with Crippen LogP contribution in [0.2, 0.25) is 5.02 Å². The average molecular weight is 291 g/mol. The molecule has 0 aliphatic rings. The maximum absolute atomic E-state index is 12.1. The van der Waals surface area contributed by atoms with Gasteiger partial charge in [0, 0.05) is 17.6 Å². The molecule has 1 aromatic carbocycles. The molecule has 0 heterocycles. The fourth-order valence-electron chi connectivity index (χ4n) is 1.46. The van der Waals surface area contributed by atoms with Crippen LogP contribution in [-0.2, 0) is 16.6 Å². The minimum absolute atomic E-state index is 0.0848. The van der Waals surface area contributed by atoms with E-state index in [4.69, 9.17) is 11.6 Å². The Morgan fingerprint density at radius 2 is 2.06 bits per heavy atom. The summed E-state index contributed by atoms with van der Waals surface area (Å²) in [7, 11) is -1.68. The number of rotatable bonds is 6. The van der Waals surface area contributed by atoms with Crippen molar-refractivity contribution in [1.82, 2.24) is 10.0 Å². The van der Waals surface area contributed by atoms with Crippen molar-refractivity contribution >= 4 is 21.6 Å². The van der Waals surface area contributed by atoms with Gasteiger partial charge in [-0.05, 0) is 44.2 Å². The normalized spacial score (nSPS) is 13.6. The number of hydrogen-bond acceptors (Lipinski definition) is 3. The molecule has 0 saturated heterocycles. The number of halogens is 1. The molecule has 1 unspecified atom stereocenters. The molecule has 0 amide bonds. The SMILES string of the molecule is CCC(C)NS(=O)(=O)c1ccc(Cl)c(CNC)c1. The van der Waals surface area contributed by atoms with Crippen LogP contribution in [-0.4, -0.2) is 21.5 Å². The molecule has 6 heteroatoms. The zero-order valence-electron chi connectivity index (χ0n) is 10.8. The molecule has 0 radical (unpaired) electrons. The van der Waals surface area contributed by atoms with E-state index in [1.165, 1.54) is 6.07 Å². The van der Waals surface area contributed by atoms with Crippen molar-refractivity contribution < 1.29 is 8.42 Å². The zero-order chi connectivity index (χ0) is 13.8. The lowest BCUT2D eigenvalue weighted by atomic mass is 10.2. The van der Waals surface area contributed by atoms with Crippen molar-refractivity contribution in [2.75, 3.05) is 7.05 Å². The number of hydrogen-bond donors (Lipinski definition) is 2. The molecule has 4 nitrogen and oxygen atoms in total. The van der Waals surface area contributed by atoms with E-state index in [9.17, 15) is 8.42 Å². The van der Waals surface area contributed by atoms with Gasteiger partial charge in [0.25, 0.3) is 0 Å². The lowest BCUT2D eigenvalue weighted by Crippen LogP contribution is -2.32. The second-order valence-electron chi connectivity index (χ2n) is 4.21. The molecule has 0 bridgehead atoms. The third-order valence-electron chi connectivity index (χ3n) is 2.66. The largest absolute Gasteiger partial charge is 0.316 e. The van der Waals surface area contributed by atoms with Gasteiger partial charge in [0.1, 0.15) is 0 Å². The summed E-state index contributed by atoms with van der Waals surface area (Å²) in [5.41, 5.74) is 0.770. The van der Waals surface area contributed by atoms with Crippen LogP contribution < -0.4 is 10.0 Å². The third kappa shape index (κ3) is 3.95. The van der Waals surface area contributed by atoms with Crippen molar-refractivity contribution in [2.45, 2.75) is 37.8 Å². The van der Waals surface area contributed by atoms with Crippen LogP contribution in [0.5, 0.6) is 0 Å². The molecule has 1 rings (SSSR count). The molecule has 2 N–H and O–H groups in total. The second kappa shape index (κ2) is 6.52. The molecule has 0 aromatic heterocycles. The summed E-state index contributed by atoms with van der Waals surface area (Å²) in [6.07, 6.45) is 0.746. The number of nitrogens with one attached hydrogen (secondary N) is 2. The maximum Gasteiger partial charge on any atom is 0.240 e. The summed E-state index contributed by atoms with van der Waals surface area (Å²) in [4.78, 5) is 0.248. The first kappa shape index (κ1) is 15.4. The smallest absolute Gasteiger partial charge is 0.240 e. The zero-order valence-corrected chi connectivity index (χ0v) is 12.4. The Hall–Kier alpha value is -0.620. The highest BCUT2D eigenvalue weighted by molar-refractivity contribution is 7.89.